The van der Waals surface area contributed by atoms with Gasteiger partial charge in [-0.1, -0.05) is 123 Å². The van der Waals surface area contributed by atoms with Crippen molar-refractivity contribution in [1.29, 1.82) is 0 Å². The fraction of sp³-hybridized carbons (Fsp3) is 0.316. The van der Waals surface area contributed by atoms with Gasteiger partial charge in [-0.25, -0.2) is 8.42 Å². The number of aromatic hydroxyl groups is 1. The summed E-state index contributed by atoms with van der Waals surface area (Å²) in [6.45, 7) is 8.86. The van der Waals surface area contributed by atoms with E-state index in [4.69, 9.17) is 9.08 Å². The van der Waals surface area contributed by atoms with E-state index in [2.05, 4.69) is 51.1 Å². The molecule has 2 aliphatic heterocycles. The van der Waals surface area contributed by atoms with E-state index in [1.807, 2.05) is 73.7 Å². The van der Waals surface area contributed by atoms with E-state index in [1.54, 1.807) is 6.07 Å². The van der Waals surface area contributed by atoms with Crippen LogP contribution in [0.25, 0.3) is 16.8 Å². The van der Waals surface area contributed by atoms with Crippen LogP contribution in [0.2, 0.25) is 11.4 Å². The molecule has 4 aromatic rings. The lowest BCUT2D eigenvalue weighted by atomic mass is 9.74. The van der Waals surface area contributed by atoms with Crippen molar-refractivity contribution >= 4 is 52.5 Å². The van der Waals surface area contributed by atoms with Crippen LogP contribution in [-0.4, -0.2) is 57.7 Å². The Kier molecular flexibility index (Phi) is 9.39. The SMILES string of the molecule is C/C(=C\c1ccc(O)c2ccccc12)CC[C@H]1OB(O)C[C@H]2C1=C(CO[Si](c1ccccc1)(c1ccccc1)C(C)(C)C)CS2(=O)=O. The van der Waals surface area contributed by atoms with E-state index in [0.717, 1.165) is 43.4 Å². The zero-order chi connectivity index (χ0) is 33.4. The van der Waals surface area contributed by atoms with Gasteiger partial charge in [0.2, 0.25) is 0 Å². The summed E-state index contributed by atoms with van der Waals surface area (Å²) < 4.78 is 40.5. The minimum Gasteiger partial charge on any atom is -0.507 e. The van der Waals surface area contributed by atoms with Gasteiger partial charge in [-0.15, -0.1) is 0 Å². The first-order valence-corrected chi connectivity index (χ1v) is 19.9. The van der Waals surface area contributed by atoms with Crippen LogP contribution in [0.3, 0.4) is 0 Å². The molecule has 0 saturated carbocycles. The van der Waals surface area contributed by atoms with Gasteiger partial charge >= 0.3 is 7.12 Å². The Morgan fingerprint density at radius 3 is 2.15 bits per heavy atom. The van der Waals surface area contributed by atoms with E-state index in [0.29, 0.717) is 12.8 Å². The summed E-state index contributed by atoms with van der Waals surface area (Å²) in [6, 6.07) is 32.1. The third-order valence-corrected chi connectivity index (χ3v) is 16.7. The molecule has 1 saturated heterocycles. The highest BCUT2D eigenvalue weighted by Crippen LogP contribution is 2.42. The Balaban J connectivity index is 1.33. The average molecular weight is 667 g/mol. The standard InChI is InChI=1S/C38H43BO6SSi/c1-27(23-28-20-21-34(40)33-18-12-11-17-32(28)33)19-22-35-37-29(26-46(42,43)36(37)24-39(41)45-35)25-44-47(38(2,3)4,30-13-7-5-8-14-30)31-15-9-6-10-16-31/h5-18,20-21,23,35-36,40-41H,19,22,24-26H2,1-4H3/b27-23+/t35-,36+/m1/s1. The van der Waals surface area contributed by atoms with Crippen molar-refractivity contribution in [3.63, 3.8) is 0 Å². The van der Waals surface area contributed by atoms with Crippen molar-refractivity contribution in [3.8, 4) is 5.75 Å². The van der Waals surface area contributed by atoms with Crippen LogP contribution in [-0.2, 0) is 18.9 Å². The van der Waals surface area contributed by atoms with Gasteiger partial charge in [-0.2, -0.15) is 0 Å². The van der Waals surface area contributed by atoms with Crippen molar-refractivity contribution in [2.24, 2.45) is 0 Å². The molecule has 0 bridgehead atoms. The molecule has 244 valence electrons. The fourth-order valence-corrected chi connectivity index (χ4v) is 14.1. The summed E-state index contributed by atoms with van der Waals surface area (Å²) in [4.78, 5) is 0. The zero-order valence-electron chi connectivity index (χ0n) is 27.5. The number of hydrogen-bond acceptors (Lipinski definition) is 6. The van der Waals surface area contributed by atoms with Crippen LogP contribution in [0.1, 0.15) is 46.1 Å². The number of allylic oxidation sites excluding steroid dienone is 1. The van der Waals surface area contributed by atoms with E-state index in [9.17, 15) is 18.5 Å². The highest BCUT2D eigenvalue weighted by Gasteiger charge is 2.52. The van der Waals surface area contributed by atoms with Gasteiger partial charge in [0, 0.05) is 11.7 Å². The maximum absolute atomic E-state index is 13.6. The number of sulfone groups is 1. The predicted molar refractivity (Wildman–Crippen MR) is 194 cm³/mol. The Morgan fingerprint density at radius 1 is 0.936 bits per heavy atom. The summed E-state index contributed by atoms with van der Waals surface area (Å²) in [5.41, 5.74) is 3.61. The van der Waals surface area contributed by atoms with Crippen molar-refractivity contribution in [2.75, 3.05) is 12.4 Å². The average Bonchev–Trinajstić information content (AvgIpc) is 3.31. The largest absolute Gasteiger partial charge is 0.507 e. The minimum atomic E-state index is -3.53. The molecular weight excluding hydrogens is 623 g/mol. The maximum Gasteiger partial charge on any atom is 0.456 e. The van der Waals surface area contributed by atoms with Crippen molar-refractivity contribution in [3.05, 3.63) is 119 Å². The van der Waals surface area contributed by atoms with Gasteiger partial charge in [0.15, 0.2) is 9.84 Å². The Morgan fingerprint density at radius 2 is 1.53 bits per heavy atom. The first kappa shape index (κ1) is 33.4. The molecule has 47 heavy (non-hydrogen) atoms. The molecule has 0 spiro atoms. The lowest BCUT2D eigenvalue weighted by Gasteiger charge is -2.43. The van der Waals surface area contributed by atoms with Crippen LogP contribution in [0.5, 0.6) is 5.75 Å². The van der Waals surface area contributed by atoms with E-state index in [-0.39, 0.29) is 29.5 Å². The highest BCUT2D eigenvalue weighted by atomic mass is 32.2. The van der Waals surface area contributed by atoms with Crippen LogP contribution in [0.4, 0.5) is 0 Å². The molecule has 0 unspecified atom stereocenters. The third-order valence-electron chi connectivity index (χ3n) is 9.67. The lowest BCUT2D eigenvalue weighted by Crippen LogP contribution is -2.66. The Hall–Kier alpha value is -3.47. The number of rotatable bonds is 9. The van der Waals surface area contributed by atoms with E-state index >= 15 is 0 Å². The molecule has 6 rings (SSSR count). The molecule has 0 amide bonds. The molecule has 2 atom stereocenters. The van der Waals surface area contributed by atoms with Gasteiger partial charge in [0.1, 0.15) is 5.75 Å². The van der Waals surface area contributed by atoms with Gasteiger partial charge in [0.25, 0.3) is 8.32 Å². The summed E-state index contributed by atoms with van der Waals surface area (Å²) in [5.74, 6) is 0.153. The maximum atomic E-state index is 13.6. The zero-order valence-corrected chi connectivity index (χ0v) is 29.3. The van der Waals surface area contributed by atoms with Crippen LogP contribution >= 0.6 is 0 Å². The first-order chi connectivity index (χ1) is 22.4. The van der Waals surface area contributed by atoms with Gasteiger partial charge in [-0.3, -0.25) is 0 Å². The molecule has 2 heterocycles. The normalized spacial score (nSPS) is 20.1. The topological polar surface area (TPSA) is 93.1 Å². The predicted octanol–water partition coefficient (Wildman–Crippen LogP) is 6.28. The second-order valence-corrected chi connectivity index (χ2v) is 20.4. The molecule has 0 aliphatic carbocycles. The number of phenolic OH excluding ortho intramolecular Hbond substituents is 1. The third kappa shape index (κ3) is 6.52. The second-order valence-electron chi connectivity index (χ2n) is 13.9. The summed E-state index contributed by atoms with van der Waals surface area (Å²) in [5, 5.41) is 24.0. The minimum absolute atomic E-state index is 0.0329. The quantitative estimate of drug-likeness (QED) is 0.162. The Labute approximate surface area is 280 Å². The molecule has 2 N–H and O–H groups in total. The molecule has 2 aliphatic rings. The molecule has 4 aromatic carbocycles. The van der Waals surface area contributed by atoms with Crippen LogP contribution < -0.4 is 10.4 Å². The molecule has 0 aromatic heterocycles. The van der Waals surface area contributed by atoms with Crippen molar-refractivity contribution < 1.29 is 27.6 Å². The molecule has 0 radical (unpaired) electrons. The smallest absolute Gasteiger partial charge is 0.456 e. The van der Waals surface area contributed by atoms with Gasteiger partial charge in [-0.05, 0) is 63.3 Å². The number of benzene rings is 4. The van der Waals surface area contributed by atoms with Gasteiger partial charge < -0.3 is 19.2 Å². The van der Waals surface area contributed by atoms with E-state index < -0.39 is 36.6 Å². The summed E-state index contributed by atoms with van der Waals surface area (Å²) >= 11 is 0. The van der Waals surface area contributed by atoms with Crippen molar-refractivity contribution in [2.45, 2.75) is 63.2 Å². The first-order valence-electron chi connectivity index (χ1n) is 16.3. The molecule has 6 nitrogen and oxygen atoms in total. The Bertz CT molecular complexity index is 1880. The number of fused-ring (bicyclic) bond motifs is 2. The fourth-order valence-electron chi connectivity index (χ4n) is 7.49. The second kappa shape index (κ2) is 13.2. The number of phenols is 1. The van der Waals surface area contributed by atoms with E-state index in [1.165, 1.54) is 0 Å². The summed E-state index contributed by atoms with van der Waals surface area (Å²) in [7, 11) is -7.58. The lowest BCUT2D eigenvalue weighted by molar-refractivity contribution is 0.168. The monoisotopic (exact) mass is 666 g/mol. The number of hydrogen-bond donors (Lipinski definition) is 2. The summed E-state index contributed by atoms with van der Waals surface area (Å²) in [6.07, 6.45) is 2.76. The molecule has 1 fully saturated rings. The molecule has 9 heteroatoms. The highest BCUT2D eigenvalue weighted by molar-refractivity contribution is 7.92. The van der Waals surface area contributed by atoms with Crippen LogP contribution in [0, 0.1) is 0 Å². The van der Waals surface area contributed by atoms with Gasteiger partial charge in [0.05, 0.1) is 23.7 Å². The molecular formula is C38H43BO6SSi. The van der Waals surface area contributed by atoms with Crippen molar-refractivity contribution in [1.82, 2.24) is 0 Å². The van der Waals surface area contributed by atoms with Crippen LogP contribution in [0.15, 0.2) is 114 Å².